The fraction of sp³-hybridized carbons (Fsp3) is 0.955. The van der Waals surface area contributed by atoms with E-state index in [-0.39, 0.29) is 6.61 Å². The zero-order chi connectivity index (χ0) is 20.8. The van der Waals surface area contributed by atoms with E-state index in [2.05, 4.69) is 13.8 Å². The number of aliphatic hydroxyl groups excluding tert-OH is 3. The highest BCUT2D eigenvalue weighted by molar-refractivity contribution is 5.69. The molecule has 0 unspecified atom stereocenters. The molecule has 0 amide bonds. The molecule has 6 nitrogen and oxygen atoms in total. The second-order valence-corrected chi connectivity index (χ2v) is 8.53. The molecule has 28 heavy (non-hydrogen) atoms. The van der Waals surface area contributed by atoms with Crippen molar-refractivity contribution in [1.29, 1.82) is 0 Å². The molecule has 0 bridgehead atoms. The highest BCUT2D eigenvalue weighted by Crippen LogP contribution is 2.20. The third kappa shape index (κ3) is 10.7. The van der Waals surface area contributed by atoms with Crippen LogP contribution in [0.3, 0.4) is 0 Å². The van der Waals surface area contributed by atoms with E-state index in [0.29, 0.717) is 6.42 Å². The normalized spacial score (nSPS) is 23.3. The topological polar surface area (TPSA) is 96.2 Å². The summed E-state index contributed by atoms with van der Waals surface area (Å²) in [5.41, 5.74) is 0. The molecule has 0 spiro atoms. The molecule has 4 atom stereocenters. The largest absolute Gasteiger partial charge is 0.457 e. The molecular weight excluding hydrogens is 360 g/mol. The molecule has 1 aliphatic heterocycles. The molecule has 1 heterocycles. The van der Waals surface area contributed by atoms with E-state index in [0.717, 1.165) is 25.2 Å². The van der Waals surface area contributed by atoms with Gasteiger partial charge >= 0.3 is 5.97 Å². The second kappa shape index (κ2) is 15.2. The maximum absolute atomic E-state index is 11.9. The fourth-order valence-corrected chi connectivity index (χ4v) is 3.63. The molecule has 1 aliphatic rings. The first-order chi connectivity index (χ1) is 13.5. The van der Waals surface area contributed by atoms with Crippen molar-refractivity contribution in [3.8, 4) is 0 Å². The van der Waals surface area contributed by atoms with Crippen molar-refractivity contribution in [1.82, 2.24) is 0 Å². The molecule has 166 valence electrons. The van der Waals surface area contributed by atoms with E-state index in [1.807, 2.05) is 0 Å². The summed E-state index contributed by atoms with van der Waals surface area (Å²) in [5.74, 6) is 0.431. The van der Waals surface area contributed by atoms with E-state index >= 15 is 0 Å². The molecule has 1 saturated heterocycles. The van der Waals surface area contributed by atoms with Crippen molar-refractivity contribution in [2.75, 3.05) is 13.2 Å². The lowest BCUT2D eigenvalue weighted by Gasteiger charge is -2.24. The molecule has 1 fully saturated rings. The molecule has 0 radical (unpaired) electrons. The summed E-state index contributed by atoms with van der Waals surface area (Å²) in [5, 5.41) is 28.7. The second-order valence-electron chi connectivity index (χ2n) is 8.53. The number of hydrogen-bond donors (Lipinski definition) is 3. The van der Waals surface area contributed by atoms with Crippen molar-refractivity contribution >= 4 is 5.97 Å². The van der Waals surface area contributed by atoms with Gasteiger partial charge in [-0.15, -0.1) is 0 Å². The maximum atomic E-state index is 11.9. The molecule has 3 N–H and O–H groups in total. The highest BCUT2D eigenvalue weighted by atomic mass is 16.6. The van der Waals surface area contributed by atoms with Crippen molar-refractivity contribution in [2.24, 2.45) is 5.92 Å². The van der Waals surface area contributed by atoms with Crippen LogP contribution in [0.25, 0.3) is 0 Å². The van der Waals surface area contributed by atoms with Crippen LogP contribution in [0.5, 0.6) is 0 Å². The minimum Gasteiger partial charge on any atom is -0.457 e. The van der Waals surface area contributed by atoms with Crippen LogP contribution in [-0.2, 0) is 14.3 Å². The number of carbonyl (C=O) groups is 1. The maximum Gasteiger partial charge on any atom is 0.306 e. The SMILES string of the molecule is CC(C)CCCCCCCCCCCCC(=O)O[C@H](CO)[C@H]1OC[C@H](O)[C@H]1O. The third-order valence-corrected chi connectivity index (χ3v) is 5.43. The predicted molar refractivity (Wildman–Crippen MR) is 109 cm³/mol. The Labute approximate surface area is 170 Å². The van der Waals surface area contributed by atoms with Gasteiger partial charge in [-0.3, -0.25) is 4.79 Å². The predicted octanol–water partition coefficient (Wildman–Crippen LogP) is 3.35. The Kier molecular flexibility index (Phi) is 13.8. The van der Waals surface area contributed by atoms with Crippen LogP contribution in [0.1, 0.15) is 90.9 Å². The summed E-state index contributed by atoms with van der Waals surface area (Å²) >= 11 is 0. The van der Waals surface area contributed by atoms with Gasteiger partial charge in [0.25, 0.3) is 0 Å². The summed E-state index contributed by atoms with van der Waals surface area (Å²) < 4.78 is 10.4. The lowest BCUT2D eigenvalue weighted by Crippen LogP contribution is -2.43. The lowest BCUT2D eigenvalue weighted by molar-refractivity contribution is -0.162. The fourth-order valence-electron chi connectivity index (χ4n) is 3.63. The monoisotopic (exact) mass is 402 g/mol. The van der Waals surface area contributed by atoms with Crippen molar-refractivity contribution in [3.63, 3.8) is 0 Å². The van der Waals surface area contributed by atoms with Gasteiger partial charge in [0.2, 0.25) is 0 Å². The van der Waals surface area contributed by atoms with Gasteiger partial charge in [0.05, 0.1) is 13.2 Å². The molecular formula is C22H42O6. The zero-order valence-corrected chi connectivity index (χ0v) is 17.9. The Morgan fingerprint density at radius 2 is 1.50 bits per heavy atom. The first-order valence-electron chi connectivity index (χ1n) is 11.2. The summed E-state index contributed by atoms with van der Waals surface area (Å²) in [6.45, 7) is 4.12. The van der Waals surface area contributed by atoms with Crippen molar-refractivity contribution in [2.45, 2.75) is 115 Å². The smallest absolute Gasteiger partial charge is 0.306 e. The molecule has 0 aliphatic carbocycles. The van der Waals surface area contributed by atoms with Crippen LogP contribution in [-0.4, -0.2) is 58.9 Å². The minimum atomic E-state index is -1.14. The van der Waals surface area contributed by atoms with Gasteiger partial charge in [0, 0.05) is 6.42 Å². The molecule has 0 aromatic rings. The Hall–Kier alpha value is -0.690. The highest BCUT2D eigenvalue weighted by Gasteiger charge is 2.41. The molecule has 0 aromatic carbocycles. The van der Waals surface area contributed by atoms with Gasteiger partial charge < -0.3 is 24.8 Å². The molecule has 6 heteroatoms. The van der Waals surface area contributed by atoms with Gasteiger partial charge in [0.1, 0.15) is 18.3 Å². The number of rotatable bonds is 16. The third-order valence-electron chi connectivity index (χ3n) is 5.43. The number of carbonyl (C=O) groups excluding carboxylic acids is 1. The van der Waals surface area contributed by atoms with Crippen molar-refractivity contribution < 1.29 is 29.6 Å². The number of hydrogen-bond acceptors (Lipinski definition) is 6. The van der Waals surface area contributed by atoms with E-state index in [1.165, 1.54) is 51.4 Å². The van der Waals surface area contributed by atoms with Gasteiger partial charge in [-0.1, -0.05) is 78.1 Å². The molecule has 1 rings (SSSR count). The summed E-state index contributed by atoms with van der Waals surface area (Å²) in [6, 6.07) is 0. The van der Waals surface area contributed by atoms with E-state index in [9.17, 15) is 20.1 Å². The van der Waals surface area contributed by atoms with Crippen LogP contribution in [0, 0.1) is 5.92 Å². The van der Waals surface area contributed by atoms with Gasteiger partial charge in [-0.2, -0.15) is 0 Å². The Balaban J connectivity index is 1.96. The Morgan fingerprint density at radius 3 is 1.96 bits per heavy atom. The van der Waals surface area contributed by atoms with Crippen LogP contribution < -0.4 is 0 Å². The number of ether oxygens (including phenoxy) is 2. The van der Waals surface area contributed by atoms with Gasteiger partial charge in [-0.05, 0) is 12.3 Å². The van der Waals surface area contributed by atoms with E-state index < -0.39 is 37.0 Å². The molecule has 0 aromatic heterocycles. The average Bonchev–Trinajstić information content (AvgIpc) is 2.99. The van der Waals surface area contributed by atoms with E-state index in [1.54, 1.807) is 0 Å². The summed E-state index contributed by atoms with van der Waals surface area (Å²) in [4.78, 5) is 11.9. The van der Waals surface area contributed by atoms with Crippen molar-refractivity contribution in [3.05, 3.63) is 0 Å². The average molecular weight is 403 g/mol. The molecule has 0 saturated carbocycles. The quantitative estimate of drug-likeness (QED) is 0.271. The minimum absolute atomic E-state index is 0.0160. The lowest BCUT2D eigenvalue weighted by atomic mass is 10.0. The Morgan fingerprint density at radius 1 is 0.964 bits per heavy atom. The van der Waals surface area contributed by atoms with Crippen LogP contribution >= 0.6 is 0 Å². The number of aliphatic hydroxyl groups is 3. The van der Waals surface area contributed by atoms with Crippen LogP contribution in [0.2, 0.25) is 0 Å². The zero-order valence-electron chi connectivity index (χ0n) is 17.9. The van der Waals surface area contributed by atoms with Gasteiger partial charge in [0.15, 0.2) is 6.10 Å². The summed E-state index contributed by atoms with van der Waals surface area (Å²) in [7, 11) is 0. The standard InChI is InChI=1S/C22H42O6/c1-17(2)13-11-9-7-5-3-4-6-8-10-12-14-20(25)28-19(15-23)22-21(26)18(24)16-27-22/h17-19,21-24,26H,3-16H2,1-2H3/t18-,19+,21+,22+/m0/s1. The summed E-state index contributed by atoms with van der Waals surface area (Å²) in [6.07, 6.45) is 9.77. The first kappa shape index (κ1) is 25.3. The first-order valence-corrected chi connectivity index (χ1v) is 11.2. The van der Waals surface area contributed by atoms with E-state index in [4.69, 9.17) is 9.47 Å². The van der Waals surface area contributed by atoms with Gasteiger partial charge in [-0.25, -0.2) is 0 Å². The van der Waals surface area contributed by atoms with Crippen LogP contribution in [0.4, 0.5) is 0 Å². The van der Waals surface area contributed by atoms with Crippen LogP contribution in [0.15, 0.2) is 0 Å². The Bertz CT molecular complexity index is 400. The number of esters is 1. The number of unbranched alkanes of at least 4 members (excludes halogenated alkanes) is 9.